The van der Waals surface area contributed by atoms with Crippen LogP contribution in [0, 0.1) is 5.41 Å². The molecule has 3 amide bonds. The molecular formula is C26H38ClFN4O4S. The molecule has 0 radical (unpaired) electrons. The van der Waals surface area contributed by atoms with Crippen molar-refractivity contribution >= 4 is 41.9 Å². The maximum absolute atomic E-state index is 13.9. The van der Waals surface area contributed by atoms with Crippen molar-refractivity contribution in [1.29, 1.82) is 0 Å². The van der Waals surface area contributed by atoms with Gasteiger partial charge < -0.3 is 25.6 Å². The minimum Gasteiger partial charge on any atom is -0.373 e. The Morgan fingerprint density at radius 3 is 2.70 bits per heavy atom. The lowest BCUT2D eigenvalue weighted by Gasteiger charge is -2.35. The maximum Gasteiger partial charge on any atom is 0.246 e. The van der Waals surface area contributed by atoms with Crippen molar-refractivity contribution in [2.45, 2.75) is 75.7 Å². The number of fused-ring (bicyclic) bond motifs is 2. The summed E-state index contributed by atoms with van der Waals surface area (Å²) in [6.45, 7) is 5.13. The molecule has 206 valence electrons. The number of carbonyl (C=O) groups excluding carboxylic acids is 3. The molecule has 3 aliphatic rings. The van der Waals surface area contributed by atoms with Gasteiger partial charge in [-0.25, -0.2) is 4.39 Å². The first kappa shape index (κ1) is 29.7. The topological polar surface area (TPSA) is 99.8 Å². The van der Waals surface area contributed by atoms with Crippen LogP contribution in [0.4, 0.5) is 4.39 Å². The molecule has 3 N–H and O–H groups in total. The van der Waals surface area contributed by atoms with E-state index in [-0.39, 0.29) is 48.2 Å². The fourth-order valence-electron chi connectivity index (χ4n) is 5.59. The molecule has 2 aliphatic heterocycles. The predicted molar refractivity (Wildman–Crippen MR) is 144 cm³/mol. The smallest absolute Gasteiger partial charge is 0.246 e. The van der Waals surface area contributed by atoms with Gasteiger partial charge in [-0.1, -0.05) is 38.1 Å². The summed E-state index contributed by atoms with van der Waals surface area (Å²) in [6, 6.07) is 5.59. The van der Waals surface area contributed by atoms with E-state index in [4.69, 9.17) is 4.74 Å². The number of rotatable bonds is 8. The van der Waals surface area contributed by atoms with E-state index in [1.807, 2.05) is 38.1 Å². The first-order valence-corrected chi connectivity index (χ1v) is 13.7. The van der Waals surface area contributed by atoms with Crippen LogP contribution in [-0.4, -0.2) is 78.3 Å². The van der Waals surface area contributed by atoms with Crippen molar-refractivity contribution in [3.63, 3.8) is 0 Å². The largest absolute Gasteiger partial charge is 0.373 e. The molecule has 8 nitrogen and oxygen atoms in total. The van der Waals surface area contributed by atoms with Gasteiger partial charge in [-0.2, -0.15) is 0 Å². The second-order valence-electron chi connectivity index (χ2n) is 10.5. The molecule has 3 unspecified atom stereocenters. The molecule has 11 heteroatoms. The maximum atomic E-state index is 13.9. The summed E-state index contributed by atoms with van der Waals surface area (Å²) < 4.78 is 18.7. The number of hydrogen-bond acceptors (Lipinski definition) is 6. The average molecular weight is 557 g/mol. The Hall–Kier alpha value is -1.88. The lowest BCUT2D eigenvalue weighted by atomic mass is 9.83. The van der Waals surface area contributed by atoms with Crippen LogP contribution in [0.5, 0.6) is 0 Å². The van der Waals surface area contributed by atoms with E-state index in [1.54, 1.807) is 30.6 Å². The van der Waals surface area contributed by atoms with Crippen LogP contribution in [0.3, 0.4) is 0 Å². The van der Waals surface area contributed by atoms with Crippen molar-refractivity contribution < 1.29 is 23.5 Å². The highest BCUT2D eigenvalue weighted by atomic mass is 35.5. The minimum absolute atomic E-state index is 0. The second kappa shape index (κ2) is 12.3. The Kier molecular flexibility index (Phi) is 9.88. The third kappa shape index (κ3) is 6.08. The first-order valence-electron chi connectivity index (χ1n) is 12.6. The molecule has 2 saturated heterocycles. The molecule has 4 rings (SSSR count). The number of likely N-dealkylation sites (N-methyl/N-ethyl adjacent to an activating group) is 1. The van der Waals surface area contributed by atoms with E-state index in [0.717, 1.165) is 11.1 Å². The molecular weight excluding hydrogens is 519 g/mol. The highest BCUT2D eigenvalue weighted by Crippen LogP contribution is 2.46. The van der Waals surface area contributed by atoms with Crippen molar-refractivity contribution in [1.82, 2.24) is 20.9 Å². The van der Waals surface area contributed by atoms with Crippen LogP contribution in [0.1, 0.15) is 50.8 Å². The summed E-state index contributed by atoms with van der Waals surface area (Å²) in [5.74, 6) is 0.00640. The van der Waals surface area contributed by atoms with Crippen molar-refractivity contribution in [3.8, 4) is 0 Å². The van der Waals surface area contributed by atoms with Gasteiger partial charge in [0.25, 0.3) is 0 Å². The van der Waals surface area contributed by atoms with E-state index in [1.165, 1.54) is 0 Å². The predicted octanol–water partition coefficient (Wildman–Crippen LogP) is 2.36. The minimum atomic E-state index is -0.698. The quantitative estimate of drug-likeness (QED) is 0.455. The van der Waals surface area contributed by atoms with Gasteiger partial charge >= 0.3 is 0 Å². The first-order chi connectivity index (χ1) is 17.2. The summed E-state index contributed by atoms with van der Waals surface area (Å²) in [6.07, 6.45) is 1.42. The van der Waals surface area contributed by atoms with Gasteiger partial charge in [0.05, 0.1) is 30.2 Å². The average Bonchev–Trinajstić information content (AvgIpc) is 3.28. The third-order valence-corrected chi connectivity index (χ3v) is 8.83. The number of carbonyl (C=O) groups is 3. The molecule has 6 atom stereocenters. The summed E-state index contributed by atoms with van der Waals surface area (Å²) in [5.41, 5.74) is 1.57. The van der Waals surface area contributed by atoms with Crippen LogP contribution in [0.25, 0.3) is 0 Å². The highest BCUT2D eigenvalue weighted by molar-refractivity contribution is 7.99. The Bertz CT molecular complexity index is 999. The van der Waals surface area contributed by atoms with Gasteiger partial charge in [0.1, 0.15) is 18.8 Å². The lowest BCUT2D eigenvalue weighted by Crippen LogP contribution is -2.58. The van der Waals surface area contributed by atoms with Gasteiger partial charge in [0.15, 0.2) is 0 Å². The molecule has 0 spiro atoms. The number of amides is 3. The van der Waals surface area contributed by atoms with Crippen LogP contribution >= 0.6 is 24.2 Å². The van der Waals surface area contributed by atoms with Crippen LogP contribution in [-0.2, 0) is 25.5 Å². The van der Waals surface area contributed by atoms with Gasteiger partial charge in [0, 0.05) is 6.42 Å². The van der Waals surface area contributed by atoms with Crippen LogP contribution in [0.2, 0.25) is 0 Å². The zero-order valence-electron chi connectivity index (χ0n) is 21.8. The fourth-order valence-corrected chi connectivity index (χ4v) is 7.17. The summed E-state index contributed by atoms with van der Waals surface area (Å²) in [7, 11) is 1.69. The number of hydrogen-bond donors (Lipinski definition) is 3. The molecule has 1 aliphatic carbocycles. The van der Waals surface area contributed by atoms with Gasteiger partial charge in [-0.15, -0.1) is 24.2 Å². The number of nitrogens with one attached hydrogen (secondary N) is 3. The zero-order chi connectivity index (χ0) is 26.0. The van der Waals surface area contributed by atoms with E-state index in [0.29, 0.717) is 25.0 Å². The standard InChI is InChI=1S/C26H37FN4O4S.ClH/c1-15(28-4)23(32)29-18-9-12-36-20-14-26(2,3)22(31(20)25(18)34)24(33)30-21-17-8-6-5-7-16(17)13-19(21)35-11-10-27;/h5-8,15,18-22,28H,9-14H2,1-4H3,(H,29,32)(H,30,33);1H/t15-,18?,19+,20?,21-,22?;/m0./s1. The molecule has 1 aromatic rings. The molecule has 2 fully saturated rings. The normalized spacial score (nSPS) is 28.9. The van der Waals surface area contributed by atoms with E-state index >= 15 is 0 Å². The Balaban J connectivity index is 0.00000380. The summed E-state index contributed by atoms with van der Waals surface area (Å²) in [4.78, 5) is 41.9. The number of nitrogens with zero attached hydrogens (tertiary/aromatic N) is 1. The Morgan fingerprint density at radius 2 is 2.00 bits per heavy atom. The van der Waals surface area contributed by atoms with Crippen LogP contribution < -0.4 is 16.0 Å². The third-order valence-electron chi connectivity index (χ3n) is 7.58. The number of ether oxygens (including phenoxy) is 1. The molecule has 0 bridgehead atoms. The molecule has 1 aromatic carbocycles. The SMILES string of the molecule is CN[C@@H](C)C(=O)NC1CCSC2CC(C)(C)C(C(=O)N[C@H]3c4ccccc4C[C@H]3OCCF)N2C1=O.Cl. The highest BCUT2D eigenvalue weighted by Gasteiger charge is 2.55. The molecule has 2 heterocycles. The number of alkyl halides is 1. The molecule has 0 aromatic heterocycles. The zero-order valence-corrected chi connectivity index (χ0v) is 23.4. The monoisotopic (exact) mass is 556 g/mol. The summed E-state index contributed by atoms with van der Waals surface area (Å²) >= 11 is 1.66. The van der Waals surface area contributed by atoms with E-state index in [9.17, 15) is 18.8 Å². The lowest BCUT2D eigenvalue weighted by molar-refractivity contribution is -0.144. The van der Waals surface area contributed by atoms with Gasteiger partial charge in [0.2, 0.25) is 17.7 Å². The van der Waals surface area contributed by atoms with Gasteiger partial charge in [-0.05, 0) is 49.1 Å². The Morgan fingerprint density at radius 1 is 1.27 bits per heavy atom. The van der Waals surface area contributed by atoms with Crippen molar-refractivity contribution in [3.05, 3.63) is 35.4 Å². The summed E-state index contributed by atoms with van der Waals surface area (Å²) in [5, 5.41) is 8.80. The van der Waals surface area contributed by atoms with E-state index < -0.39 is 36.3 Å². The van der Waals surface area contributed by atoms with Crippen molar-refractivity contribution in [2.75, 3.05) is 26.1 Å². The van der Waals surface area contributed by atoms with Crippen molar-refractivity contribution in [2.24, 2.45) is 5.41 Å². The molecule has 37 heavy (non-hydrogen) atoms. The number of thioether (sulfide) groups is 1. The number of halogens is 2. The molecule has 0 saturated carbocycles. The van der Waals surface area contributed by atoms with E-state index in [2.05, 4.69) is 16.0 Å². The fraction of sp³-hybridized carbons (Fsp3) is 0.654. The second-order valence-corrected chi connectivity index (χ2v) is 11.8. The number of benzene rings is 1. The Labute approximate surface area is 228 Å². The van der Waals surface area contributed by atoms with Gasteiger partial charge in [-0.3, -0.25) is 14.4 Å². The van der Waals surface area contributed by atoms with Crippen LogP contribution in [0.15, 0.2) is 24.3 Å².